The van der Waals surface area contributed by atoms with Gasteiger partial charge in [0.25, 0.3) is 0 Å². The van der Waals surface area contributed by atoms with Gasteiger partial charge in [-0.05, 0) is 35.3 Å². The van der Waals surface area contributed by atoms with Gasteiger partial charge in [-0.2, -0.15) is 0 Å². The fraction of sp³-hybridized carbons (Fsp3) is 0.154. The fourth-order valence-electron chi connectivity index (χ4n) is 4.99. The van der Waals surface area contributed by atoms with Gasteiger partial charge in [-0.3, -0.25) is 9.59 Å². The second-order valence-corrected chi connectivity index (χ2v) is 8.78. The minimum absolute atomic E-state index is 0.182. The summed E-state index contributed by atoms with van der Waals surface area (Å²) in [6.45, 7) is 0. The molecule has 3 aromatic carbocycles. The Hall–Kier alpha value is -2.82. The Morgan fingerprint density at radius 3 is 1.97 bits per heavy atom. The van der Waals surface area contributed by atoms with Crippen LogP contribution in [0.25, 0.3) is 5.57 Å². The average Bonchev–Trinajstić information content (AvgIpc) is 2.99. The van der Waals surface area contributed by atoms with Crippen LogP contribution in [0.1, 0.15) is 44.2 Å². The highest BCUT2D eigenvalue weighted by Crippen LogP contribution is 2.58. The first-order chi connectivity index (χ1) is 14.5. The first kappa shape index (κ1) is 19.2. The van der Waals surface area contributed by atoms with Crippen LogP contribution in [0.2, 0.25) is 0 Å². The van der Waals surface area contributed by atoms with Crippen molar-refractivity contribution in [2.45, 2.75) is 18.4 Å². The molecular weight excluding hydrogens is 440 g/mol. The molecule has 5 rings (SSSR count). The van der Waals surface area contributed by atoms with Crippen molar-refractivity contribution in [3.8, 4) is 0 Å². The van der Waals surface area contributed by atoms with E-state index in [1.807, 2.05) is 54.6 Å². The Labute approximate surface area is 183 Å². The van der Waals surface area contributed by atoms with Gasteiger partial charge in [-0.25, -0.2) is 0 Å². The molecule has 0 amide bonds. The molecule has 2 atom stereocenters. The number of aliphatic hydroxyl groups is 1. The molecule has 2 aliphatic carbocycles. The third-order valence-electron chi connectivity index (χ3n) is 6.27. The van der Waals surface area contributed by atoms with Crippen molar-refractivity contribution in [2.75, 3.05) is 0 Å². The minimum atomic E-state index is -1.38. The maximum absolute atomic E-state index is 14.0. The summed E-state index contributed by atoms with van der Waals surface area (Å²) in [4.78, 5) is 27.9. The summed E-state index contributed by atoms with van der Waals surface area (Å²) in [6.07, 6.45) is 1.26. The second kappa shape index (κ2) is 7.15. The molecule has 0 aromatic heterocycles. The number of hydrogen-bond acceptors (Lipinski definition) is 3. The maximum Gasteiger partial charge on any atom is 0.182 e. The number of benzene rings is 3. The predicted molar refractivity (Wildman–Crippen MR) is 119 cm³/mol. The summed E-state index contributed by atoms with van der Waals surface area (Å²) in [5.74, 6) is -0.829. The quantitative estimate of drug-likeness (QED) is 0.519. The monoisotopic (exact) mass is 458 g/mol. The van der Waals surface area contributed by atoms with Gasteiger partial charge in [0.15, 0.2) is 11.6 Å². The summed E-state index contributed by atoms with van der Waals surface area (Å²) in [6, 6.07) is 24.2. The summed E-state index contributed by atoms with van der Waals surface area (Å²) in [7, 11) is 0. The Kier molecular flexibility index (Phi) is 4.57. The summed E-state index contributed by atoms with van der Waals surface area (Å²) in [5, 5.41) is 10.8. The zero-order valence-electron chi connectivity index (χ0n) is 16.1. The maximum atomic E-state index is 14.0. The number of Topliss-reactive ketones (excluding diaryl/α,β-unsaturated/α-hetero) is 2. The number of fused-ring (bicyclic) bond motifs is 1. The molecule has 0 aliphatic heterocycles. The minimum Gasteiger partial charge on any atom is -0.389 e. The van der Waals surface area contributed by atoms with Gasteiger partial charge < -0.3 is 5.11 Å². The third kappa shape index (κ3) is 2.68. The number of carbonyl (C=O) groups is 2. The Balaban J connectivity index is 1.81. The van der Waals surface area contributed by atoms with Gasteiger partial charge >= 0.3 is 0 Å². The molecule has 0 unspecified atom stereocenters. The molecule has 1 N–H and O–H groups in total. The van der Waals surface area contributed by atoms with E-state index in [-0.39, 0.29) is 11.6 Å². The summed E-state index contributed by atoms with van der Waals surface area (Å²) >= 11 is 3.46. The van der Waals surface area contributed by atoms with E-state index in [0.717, 1.165) is 15.6 Å². The van der Waals surface area contributed by atoms with E-state index in [2.05, 4.69) is 15.9 Å². The number of ketones is 2. The Bertz CT molecular complexity index is 1140. The van der Waals surface area contributed by atoms with Gasteiger partial charge in [0.2, 0.25) is 0 Å². The molecule has 0 heterocycles. The zero-order chi connectivity index (χ0) is 20.9. The van der Waals surface area contributed by atoms with Crippen LogP contribution in [-0.4, -0.2) is 22.8 Å². The smallest absolute Gasteiger partial charge is 0.182 e. The molecule has 0 saturated carbocycles. The number of halogens is 1. The molecule has 1 spiro atoms. The Morgan fingerprint density at radius 1 is 0.800 bits per heavy atom. The van der Waals surface area contributed by atoms with Crippen LogP contribution in [0.4, 0.5) is 0 Å². The molecule has 2 aliphatic rings. The number of carbonyl (C=O) groups excluding carboxylic acids is 2. The van der Waals surface area contributed by atoms with E-state index >= 15 is 0 Å². The van der Waals surface area contributed by atoms with Crippen LogP contribution in [0, 0.1) is 5.41 Å². The van der Waals surface area contributed by atoms with Gasteiger partial charge in [0.1, 0.15) is 5.41 Å². The van der Waals surface area contributed by atoms with E-state index in [1.165, 1.54) is 0 Å². The van der Waals surface area contributed by atoms with Gasteiger partial charge in [-0.1, -0.05) is 88.7 Å². The molecule has 3 nitrogen and oxygen atoms in total. The van der Waals surface area contributed by atoms with Gasteiger partial charge in [0, 0.05) is 21.5 Å². The second-order valence-electron chi connectivity index (χ2n) is 7.87. The number of hydrogen-bond donors (Lipinski definition) is 1. The first-order valence-electron chi connectivity index (χ1n) is 9.93. The molecule has 0 fully saturated rings. The van der Waals surface area contributed by atoms with E-state index in [9.17, 15) is 14.7 Å². The highest BCUT2D eigenvalue weighted by Gasteiger charge is 2.61. The van der Waals surface area contributed by atoms with Crippen molar-refractivity contribution in [2.24, 2.45) is 5.41 Å². The van der Waals surface area contributed by atoms with Crippen LogP contribution >= 0.6 is 15.9 Å². The largest absolute Gasteiger partial charge is 0.389 e. The van der Waals surface area contributed by atoms with Crippen molar-refractivity contribution in [3.05, 3.63) is 112 Å². The van der Waals surface area contributed by atoms with Crippen LogP contribution in [0.5, 0.6) is 0 Å². The lowest BCUT2D eigenvalue weighted by molar-refractivity contribution is 0.0688. The van der Waals surface area contributed by atoms with Crippen molar-refractivity contribution in [3.63, 3.8) is 0 Å². The van der Waals surface area contributed by atoms with Gasteiger partial charge in [0.05, 0.1) is 6.10 Å². The van der Waals surface area contributed by atoms with Crippen molar-refractivity contribution < 1.29 is 14.7 Å². The summed E-state index contributed by atoms with van der Waals surface area (Å²) < 4.78 is 0.919. The van der Waals surface area contributed by atoms with Crippen LogP contribution in [0.3, 0.4) is 0 Å². The van der Waals surface area contributed by atoms with Crippen molar-refractivity contribution in [1.82, 2.24) is 0 Å². The molecular formula is C26H19BrO3. The van der Waals surface area contributed by atoms with E-state index in [4.69, 9.17) is 0 Å². The molecule has 0 radical (unpaired) electrons. The zero-order valence-corrected chi connectivity index (χ0v) is 17.7. The van der Waals surface area contributed by atoms with Gasteiger partial charge in [-0.15, -0.1) is 0 Å². The summed E-state index contributed by atoms with van der Waals surface area (Å²) in [5.41, 5.74) is 1.80. The molecule has 148 valence electrons. The standard InChI is InChI=1S/C26H19BrO3/c27-18-12-10-17(11-13-18)23-15-19(28)14-22(16-6-2-1-3-7-16)26(23)24(29)20-8-4-5-9-21(20)25(26)30/h1-14,19,23,28H,15H2/t19-,23-/m0/s1. The van der Waals surface area contributed by atoms with E-state index in [0.29, 0.717) is 23.1 Å². The van der Waals surface area contributed by atoms with Crippen LogP contribution < -0.4 is 0 Å². The lowest BCUT2D eigenvalue weighted by Gasteiger charge is -2.42. The fourth-order valence-corrected chi connectivity index (χ4v) is 5.25. The SMILES string of the molecule is O=C1c2ccccc2C(=O)C12C(c1ccccc1)=C[C@H](O)C[C@H]2c1ccc(Br)cc1. The number of rotatable bonds is 2. The lowest BCUT2D eigenvalue weighted by Crippen LogP contribution is -2.45. The molecule has 30 heavy (non-hydrogen) atoms. The molecule has 0 bridgehead atoms. The topological polar surface area (TPSA) is 54.4 Å². The lowest BCUT2D eigenvalue weighted by atomic mass is 9.58. The molecule has 4 heteroatoms. The number of allylic oxidation sites excluding steroid dienone is 1. The molecule has 3 aromatic rings. The molecule has 0 saturated heterocycles. The van der Waals surface area contributed by atoms with Crippen molar-refractivity contribution >= 4 is 33.1 Å². The van der Waals surface area contributed by atoms with E-state index in [1.54, 1.807) is 30.3 Å². The Morgan fingerprint density at radius 2 is 1.37 bits per heavy atom. The normalized spacial score (nSPS) is 22.1. The first-order valence-corrected chi connectivity index (χ1v) is 10.7. The average molecular weight is 459 g/mol. The van der Waals surface area contributed by atoms with Crippen LogP contribution in [-0.2, 0) is 0 Å². The van der Waals surface area contributed by atoms with Crippen molar-refractivity contribution in [1.29, 1.82) is 0 Å². The highest BCUT2D eigenvalue weighted by molar-refractivity contribution is 9.10. The van der Waals surface area contributed by atoms with E-state index < -0.39 is 17.4 Å². The predicted octanol–water partition coefficient (Wildman–Crippen LogP) is 5.45. The number of aliphatic hydroxyl groups excluding tert-OH is 1. The highest BCUT2D eigenvalue weighted by atomic mass is 79.9. The third-order valence-corrected chi connectivity index (χ3v) is 6.80. The van der Waals surface area contributed by atoms with Crippen LogP contribution in [0.15, 0.2) is 89.4 Å².